The Labute approximate surface area is 241 Å². The Morgan fingerprint density at radius 3 is 2.51 bits per heavy atom. The van der Waals surface area contributed by atoms with E-state index in [1.54, 1.807) is 7.11 Å². The SMILES string of the molecule is COc1cc(CN(C[C@H]2CC[C@H](C(=O)O)CC2)[C@@H](C)c2ccc3c(c2)CCO3)ccc1OCCN1C(=O)CCC1=O. The van der Waals surface area contributed by atoms with Crippen LogP contribution in [0.5, 0.6) is 17.2 Å². The third-order valence-electron chi connectivity index (χ3n) is 8.77. The first-order valence-electron chi connectivity index (χ1n) is 14.7. The summed E-state index contributed by atoms with van der Waals surface area (Å²) in [5.74, 6) is 1.37. The van der Waals surface area contributed by atoms with Gasteiger partial charge in [-0.3, -0.25) is 24.2 Å². The first-order valence-corrected chi connectivity index (χ1v) is 14.7. The number of hydrogen-bond acceptors (Lipinski definition) is 7. The highest BCUT2D eigenvalue weighted by atomic mass is 16.5. The molecule has 0 bridgehead atoms. The molecule has 2 aromatic carbocycles. The lowest BCUT2D eigenvalue weighted by Gasteiger charge is -2.35. The molecule has 2 heterocycles. The molecule has 9 heteroatoms. The monoisotopic (exact) mass is 564 g/mol. The maximum Gasteiger partial charge on any atom is 0.306 e. The Hall–Kier alpha value is -3.59. The molecule has 41 heavy (non-hydrogen) atoms. The molecule has 9 nitrogen and oxygen atoms in total. The first-order chi connectivity index (χ1) is 19.8. The molecular formula is C32H40N2O7. The second-order valence-corrected chi connectivity index (χ2v) is 11.4. The van der Waals surface area contributed by atoms with Gasteiger partial charge in [-0.05, 0) is 73.4 Å². The minimum Gasteiger partial charge on any atom is -0.493 e. The van der Waals surface area contributed by atoms with Gasteiger partial charge in [-0.15, -0.1) is 0 Å². The van der Waals surface area contributed by atoms with Crippen molar-refractivity contribution in [2.45, 2.75) is 64.5 Å². The number of rotatable bonds is 12. The van der Waals surface area contributed by atoms with Gasteiger partial charge in [-0.1, -0.05) is 18.2 Å². The van der Waals surface area contributed by atoms with Gasteiger partial charge in [-0.25, -0.2) is 0 Å². The number of fused-ring (bicyclic) bond motifs is 1. The van der Waals surface area contributed by atoms with Crippen molar-refractivity contribution >= 4 is 17.8 Å². The van der Waals surface area contributed by atoms with Crippen molar-refractivity contribution < 1.29 is 33.7 Å². The van der Waals surface area contributed by atoms with E-state index in [4.69, 9.17) is 14.2 Å². The summed E-state index contributed by atoms with van der Waals surface area (Å²) in [7, 11) is 1.60. The molecule has 3 aliphatic rings. The van der Waals surface area contributed by atoms with E-state index in [1.165, 1.54) is 16.0 Å². The van der Waals surface area contributed by atoms with Gasteiger partial charge in [0, 0.05) is 38.4 Å². The number of aliphatic carboxylic acids is 1. The number of carbonyl (C=O) groups is 3. The van der Waals surface area contributed by atoms with Gasteiger partial charge in [0.25, 0.3) is 0 Å². The van der Waals surface area contributed by atoms with E-state index in [2.05, 4.69) is 30.0 Å². The lowest BCUT2D eigenvalue weighted by molar-refractivity contribution is -0.143. The van der Waals surface area contributed by atoms with E-state index in [9.17, 15) is 19.5 Å². The average molecular weight is 565 g/mol. The molecule has 1 aliphatic carbocycles. The van der Waals surface area contributed by atoms with Gasteiger partial charge in [-0.2, -0.15) is 0 Å². The molecular weight excluding hydrogens is 524 g/mol. The zero-order valence-electron chi connectivity index (χ0n) is 24.0. The topological polar surface area (TPSA) is 106 Å². The molecule has 5 rings (SSSR count). The van der Waals surface area contributed by atoms with Crippen molar-refractivity contribution in [3.63, 3.8) is 0 Å². The molecule has 0 spiro atoms. The fourth-order valence-electron chi connectivity index (χ4n) is 6.24. The summed E-state index contributed by atoms with van der Waals surface area (Å²) in [6.45, 7) is 4.96. The second-order valence-electron chi connectivity index (χ2n) is 11.4. The highest BCUT2D eigenvalue weighted by molar-refractivity contribution is 6.01. The van der Waals surface area contributed by atoms with E-state index in [-0.39, 0.29) is 49.8 Å². The van der Waals surface area contributed by atoms with Crippen molar-refractivity contribution in [1.82, 2.24) is 9.80 Å². The van der Waals surface area contributed by atoms with Gasteiger partial charge in [0.2, 0.25) is 11.8 Å². The third-order valence-corrected chi connectivity index (χ3v) is 8.77. The fraction of sp³-hybridized carbons (Fsp3) is 0.531. The number of nitrogens with zero attached hydrogens (tertiary/aromatic N) is 2. The summed E-state index contributed by atoms with van der Waals surface area (Å²) in [4.78, 5) is 39.0. The van der Waals surface area contributed by atoms with Crippen LogP contribution in [0.2, 0.25) is 0 Å². The molecule has 220 valence electrons. The van der Waals surface area contributed by atoms with E-state index in [1.807, 2.05) is 18.2 Å². The van der Waals surface area contributed by atoms with Crippen molar-refractivity contribution in [1.29, 1.82) is 0 Å². The van der Waals surface area contributed by atoms with E-state index in [0.29, 0.717) is 24.0 Å². The summed E-state index contributed by atoms with van der Waals surface area (Å²) in [5.41, 5.74) is 3.57. The number of hydrogen-bond donors (Lipinski definition) is 1. The smallest absolute Gasteiger partial charge is 0.306 e. The Balaban J connectivity index is 1.29. The van der Waals surface area contributed by atoms with Crippen LogP contribution in [0.1, 0.15) is 68.2 Å². The number of imide groups is 1. The van der Waals surface area contributed by atoms with E-state index in [0.717, 1.165) is 56.6 Å². The fourth-order valence-corrected chi connectivity index (χ4v) is 6.24. The molecule has 1 atom stereocenters. The number of carboxylic acids is 1. The predicted octanol–water partition coefficient (Wildman–Crippen LogP) is 4.61. The van der Waals surface area contributed by atoms with Crippen LogP contribution >= 0.6 is 0 Å². The number of benzene rings is 2. The summed E-state index contributed by atoms with van der Waals surface area (Å²) < 4.78 is 17.3. The highest BCUT2D eigenvalue weighted by Crippen LogP contribution is 2.36. The predicted molar refractivity (Wildman–Crippen MR) is 152 cm³/mol. The van der Waals surface area contributed by atoms with Crippen LogP contribution < -0.4 is 14.2 Å². The third kappa shape index (κ3) is 6.84. The number of amides is 2. The number of carbonyl (C=O) groups excluding carboxylic acids is 2. The second kappa shape index (κ2) is 12.9. The quantitative estimate of drug-likeness (QED) is 0.373. The average Bonchev–Trinajstić information content (AvgIpc) is 3.58. The molecule has 0 radical (unpaired) electrons. The maximum absolute atomic E-state index is 11.9. The minimum absolute atomic E-state index is 0.149. The lowest BCUT2D eigenvalue weighted by atomic mass is 9.81. The van der Waals surface area contributed by atoms with Crippen LogP contribution in [0.25, 0.3) is 0 Å². The van der Waals surface area contributed by atoms with Gasteiger partial charge in [0.15, 0.2) is 11.5 Å². The molecule has 1 N–H and O–H groups in total. The van der Waals surface area contributed by atoms with Crippen LogP contribution in [0.15, 0.2) is 36.4 Å². The number of carboxylic acid groups (broad SMARTS) is 1. The molecule has 1 saturated carbocycles. The van der Waals surface area contributed by atoms with Crippen LogP contribution in [-0.4, -0.2) is 66.1 Å². The number of methoxy groups -OCH3 is 1. The zero-order chi connectivity index (χ0) is 28.9. The van der Waals surface area contributed by atoms with Crippen LogP contribution in [0.4, 0.5) is 0 Å². The van der Waals surface area contributed by atoms with Crippen molar-refractivity contribution in [2.75, 3.05) is 33.4 Å². The molecule has 0 unspecified atom stereocenters. The maximum atomic E-state index is 11.9. The van der Waals surface area contributed by atoms with Gasteiger partial charge in [0.1, 0.15) is 12.4 Å². The molecule has 0 aromatic heterocycles. The highest BCUT2D eigenvalue weighted by Gasteiger charge is 2.30. The van der Waals surface area contributed by atoms with Gasteiger partial charge in [0.05, 0.1) is 26.2 Å². The van der Waals surface area contributed by atoms with E-state index >= 15 is 0 Å². The van der Waals surface area contributed by atoms with Gasteiger partial charge < -0.3 is 19.3 Å². The normalized spacial score (nSPS) is 21.1. The number of ether oxygens (including phenoxy) is 3. The molecule has 2 fully saturated rings. The van der Waals surface area contributed by atoms with Crippen molar-refractivity contribution in [2.24, 2.45) is 11.8 Å². The van der Waals surface area contributed by atoms with Crippen LogP contribution in [-0.2, 0) is 27.3 Å². The van der Waals surface area contributed by atoms with Crippen LogP contribution in [0, 0.1) is 11.8 Å². The first kappa shape index (κ1) is 28.9. The standard InChI is InChI=1S/C32H40N2O7/c1-21(25-8-10-27-26(18-25)13-15-40-27)33(19-22-3-6-24(7-4-22)32(37)38)20-23-5-9-28(29(17-23)39-2)41-16-14-34-30(35)11-12-31(34)36/h5,8-10,17-18,21-22,24H,3-4,6-7,11-16,19-20H2,1-2H3,(H,37,38)/t21-,22-,24-/m0/s1. The molecule has 2 aliphatic heterocycles. The zero-order valence-corrected chi connectivity index (χ0v) is 24.0. The Bertz CT molecular complexity index is 1250. The summed E-state index contributed by atoms with van der Waals surface area (Å²) in [6, 6.07) is 12.5. The van der Waals surface area contributed by atoms with Gasteiger partial charge >= 0.3 is 5.97 Å². The Morgan fingerprint density at radius 2 is 1.80 bits per heavy atom. The summed E-state index contributed by atoms with van der Waals surface area (Å²) in [6.07, 6.45) is 4.75. The molecule has 2 aromatic rings. The lowest BCUT2D eigenvalue weighted by Crippen LogP contribution is -2.34. The summed E-state index contributed by atoms with van der Waals surface area (Å²) in [5, 5.41) is 9.44. The van der Waals surface area contributed by atoms with E-state index < -0.39 is 5.97 Å². The number of likely N-dealkylation sites (tertiary alicyclic amines) is 1. The summed E-state index contributed by atoms with van der Waals surface area (Å²) >= 11 is 0. The van der Waals surface area contributed by atoms with Crippen LogP contribution in [0.3, 0.4) is 0 Å². The largest absolute Gasteiger partial charge is 0.493 e. The van der Waals surface area contributed by atoms with Crippen molar-refractivity contribution in [3.8, 4) is 17.2 Å². The Morgan fingerprint density at radius 1 is 1.05 bits per heavy atom. The Kier molecular flexibility index (Phi) is 9.12. The minimum atomic E-state index is -0.679. The molecule has 1 saturated heterocycles. The van der Waals surface area contributed by atoms with Crippen molar-refractivity contribution in [3.05, 3.63) is 53.1 Å². The molecule has 2 amide bonds.